The van der Waals surface area contributed by atoms with Gasteiger partial charge in [0.25, 0.3) is 5.56 Å². The highest BCUT2D eigenvalue weighted by atomic mass is 32.1. The molecular weight excluding hydrogens is 260 g/mol. The number of aromatic nitrogens is 2. The average Bonchev–Trinajstić information content (AvgIpc) is 3.09. The second kappa shape index (κ2) is 3.80. The number of fused-ring (bicyclic) bond motifs is 3. The van der Waals surface area contributed by atoms with Crippen molar-refractivity contribution in [3.63, 3.8) is 0 Å². The van der Waals surface area contributed by atoms with E-state index in [9.17, 15) is 4.79 Å². The molecule has 0 radical (unpaired) electrons. The summed E-state index contributed by atoms with van der Waals surface area (Å²) in [5, 5.41) is 0. The molecule has 0 N–H and O–H groups in total. The summed E-state index contributed by atoms with van der Waals surface area (Å²) in [6.07, 6.45) is 3.33. The van der Waals surface area contributed by atoms with Crippen molar-refractivity contribution < 1.29 is 4.42 Å². The minimum absolute atomic E-state index is 0.0508. The van der Waals surface area contributed by atoms with E-state index in [4.69, 9.17) is 4.42 Å². The zero-order valence-corrected chi connectivity index (χ0v) is 10.6. The fourth-order valence-corrected chi connectivity index (χ4v) is 3.08. The van der Waals surface area contributed by atoms with E-state index in [1.54, 1.807) is 22.8 Å². The molecule has 0 fully saturated rings. The Hall–Kier alpha value is -2.40. The molecule has 5 heteroatoms. The highest BCUT2D eigenvalue weighted by Crippen LogP contribution is 2.15. The lowest BCUT2D eigenvalue weighted by molar-refractivity contribution is 0.556. The maximum atomic E-state index is 12.4. The zero-order chi connectivity index (χ0) is 12.8. The molecule has 92 valence electrons. The molecule has 0 saturated heterocycles. The van der Waals surface area contributed by atoms with Gasteiger partial charge in [0.1, 0.15) is 10.3 Å². The van der Waals surface area contributed by atoms with E-state index in [0.717, 1.165) is 11.0 Å². The third-order valence-corrected chi connectivity index (χ3v) is 3.93. The van der Waals surface area contributed by atoms with Gasteiger partial charge in [-0.3, -0.25) is 4.79 Å². The van der Waals surface area contributed by atoms with Crippen molar-refractivity contribution in [2.45, 2.75) is 0 Å². The molecule has 0 aliphatic rings. The number of imidazole rings is 1. The van der Waals surface area contributed by atoms with Crippen molar-refractivity contribution in [1.82, 2.24) is 9.38 Å². The molecule has 0 saturated carbocycles. The molecule has 0 amide bonds. The molecule has 4 nitrogen and oxygen atoms in total. The zero-order valence-electron chi connectivity index (χ0n) is 9.74. The van der Waals surface area contributed by atoms with Crippen molar-refractivity contribution in [2.24, 2.45) is 0 Å². The summed E-state index contributed by atoms with van der Waals surface area (Å²) in [4.78, 5) is 17.6. The second-order valence-electron chi connectivity index (χ2n) is 4.15. The molecule has 3 heterocycles. The Balaban J connectivity index is 2.11. The molecule has 0 aliphatic carbocycles. The maximum Gasteiger partial charge on any atom is 0.275 e. The van der Waals surface area contributed by atoms with E-state index >= 15 is 0 Å². The van der Waals surface area contributed by atoms with Crippen LogP contribution in [0.3, 0.4) is 0 Å². The molecule has 4 aromatic rings. The van der Waals surface area contributed by atoms with Crippen LogP contribution in [-0.4, -0.2) is 9.38 Å². The summed E-state index contributed by atoms with van der Waals surface area (Å²) in [6.45, 7) is 0. The predicted octanol–water partition coefficient (Wildman–Crippen LogP) is 2.05. The van der Waals surface area contributed by atoms with Crippen molar-refractivity contribution in [3.8, 4) is 0 Å². The lowest BCUT2D eigenvalue weighted by Gasteiger charge is -1.86. The topological polar surface area (TPSA) is 47.5 Å². The summed E-state index contributed by atoms with van der Waals surface area (Å²) in [7, 11) is 0. The summed E-state index contributed by atoms with van der Waals surface area (Å²) in [5.74, 6) is 0.672. The van der Waals surface area contributed by atoms with Crippen LogP contribution in [0.2, 0.25) is 0 Å². The van der Waals surface area contributed by atoms with E-state index < -0.39 is 0 Å². The highest BCUT2D eigenvalue weighted by Gasteiger charge is 2.10. The Morgan fingerprint density at radius 1 is 1.21 bits per heavy atom. The van der Waals surface area contributed by atoms with Crippen LogP contribution in [0.1, 0.15) is 5.76 Å². The van der Waals surface area contributed by atoms with Crippen LogP contribution in [0, 0.1) is 0 Å². The van der Waals surface area contributed by atoms with Gasteiger partial charge in [0.2, 0.25) is 0 Å². The van der Waals surface area contributed by atoms with Crippen molar-refractivity contribution in [3.05, 3.63) is 63.3 Å². The monoisotopic (exact) mass is 268 g/mol. The van der Waals surface area contributed by atoms with E-state index in [2.05, 4.69) is 4.98 Å². The van der Waals surface area contributed by atoms with Crippen LogP contribution >= 0.6 is 11.3 Å². The van der Waals surface area contributed by atoms with Crippen molar-refractivity contribution in [1.29, 1.82) is 0 Å². The normalized spacial score (nSPS) is 12.7. The Morgan fingerprint density at radius 2 is 2.11 bits per heavy atom. The molecule has 0 bridgehead atoms. The average molecular weight is 268 g/mol. The first-order valence-corrected chi connectivity index (χ1v) is 6.60. The second-order valence-corrected chi connectivity index (χ2v) is 5.16. The highest BCUT2D eigenvalue weighted by molar-refractivity contribution is 7.15. The van der Waals surface area contributed by atoms with Gasteiger partial charge in [-0.05, 0) is 24.3 Å². The molecular formula is C14H8N2O2S. The SMILES string of the molecule is O=c1/c(=C\c2ccco2)sc2nc3ccccc3n12. The third kappa shape index (κ3) is 1.52. The van der Waals surface area contributed by atoms with E-state index in [1.807, 2.05) is 30.3 Å². The van der Waals surface area contributed by atoms with Gasteiger partial charge in [0.05, 0.1) is 17.3 Å². The lowest BCUT2D eigenvalue weighted by atomic mass is 10.3. The first-order valence-electron chi connectivity index (χ1n) is 5.78. The molecule has 4 rings (SSSR count). The molecule has 0 spiro atoms. The van der Waals surface area contributed by atoms with Crippen LogP contribution in [-0.2, 0) is 0 Å². The summed E-state index contributed by atoms with van der Waals surface area (Å²) >= 11 is 1.37. The van der Waals surface area contributed by atoms with Gasteiger partial charge in [0.15, 0.2) is 4.96 Å². The standard InChI is InChI=1S/C14H8N2O2S/c17-13-12(8-9-4-3-7-18-9)19-14-15-10-5-1-2-6-11(10)16(13)14/h1-8H/b12-8+. The number of para-hydroxylation sites is 2. The molecule has 19 heavy (non-hydrogen) atoms. The molecule has 1 aromatic carbocycles. The van der Waals surface area contributed by atoms with Crippen molar-refractivity contribution >= 4 is 33.4 Å². The van der Waals surface area contributed by atoms with Gasteiger partial charge in [-0.1, -0.05) is 23.5 Å². The maximum absolute atomic E-state index is 12.4. The van der Waals surface area contributed by atoms with E-state index in [0.29, 0.717) is 15.3 Å². The number of benzene rings is 1. The van der Waals surface area contributed by atoms with Crippen LogP contribution < -0.4 is 10.1 Å². The number of furan rings is 1. The summed E-state index contributed by atoms with van der Waals surface area (Å²) in [6, 6.07) is 11.2. The number of rotatable bonds is 1. The fourth-order valence-electron chi connectivity index (χ4n) is 2.11. The van der Waals surface area contributed by atoms with Crippen LogP contribution in [0.5, 0.6) is 0 Å². The molecule has 0 unspecified atom stereocenters. The van der Waals surface area contributed by atoms with Gasteiger partial charge in [-0.2, -0.15) is 0 Å². The van der Waals surface area contributed by atoms with Gasteiger partial charge >= 0.3 is 0 Å². The minimum atomic E-state index is -0.0508. The van der Waals surface area contributed by atoms with Gasteiger partial charge in [-0.15, -0.1) is 0 Å². The summed E-state index contributed by atoms with van der Waals surface area (Å²) in [5.41, 5.74) is 1.64. The first-order chi connectivity index (χ1) is 9.33. The predicted molar refractivity (Wildman–Crippen MR) is 74.3 cm³/mol. The molecule has 0 aliphatic heterocycles. The number of hydrogen-bond donors (Lipinski definition) is 0. The smallest absolute Gasteiger partial charge is 0.275 e. The Labute approximate surface area is 111 Å². The molecule has 3 aromatic heterocycles. The third-order valence-electron chi connectivity index (χ3n) is 2.96. The molecule has 0 atom stereocenters. The van der Waals surface area contributed by atoms with Gasteiger partial charge in [0, 0.05) is 6.08 Å². The number of nitrogens with zero attached hydrogens (tertiary/aromatic N) is 2. The first kappa shape index (κ1) is 10.5. The Kier molecular flexibility index (Phi) is 2.10. The van der Waals surface area contributed by atoms with Crippen LogP contribution in [0.4, 0.5) is 0 Å². The lowest BCUT2D eigenvalue weighted by Crippen LogP contribution is -2.22. The largest absolute Gasteiger partial charge is 0.465 e. The quantitative estimate of drug-likeness (QED) is 0.531. The van der Waals surface area contributed by atoms with E-state index in [-0.39, 0.29) is 5.56 Å². The van der Waals surface area contributed by atoms with Gasteiger partial charge in [-0.25, -0.2) is 9.38 Å². The number of hydrogen-bond acceptors (Lipinski definition) is 4. The van der Waals surface area contributed by atoms with E-state index in [1.165, 1.54) is 11.3 Å². The minimum Gasteiger partial charge on any atom is -0.465 e. The fraction of sp³-hybridized carbons (Fsp3) is 0. The van der Waals surface area contributed by atoms with Crippen LogP contribution in [0.25, 0.3) is 22.1 Å². The Bertz CT molecular complexity index is 980. The summed E-state index contributed by atoms with van der Waals surface area (Å²) < 4.78 is 7.51. The van der Waals surface area contributed by atoms with Crippen molar-refractivity contribution in [2.75, 3.05) is 0 Å². The van der Waals surface area contributed by atoms with Crippen LogP contribution in [0.15, 0.2) is 51.9 Å². The Morgan fingerprint density at radius 3 is 2.95 bits per heavy atom. The van der Waals surface area contributed by atoms with Gasteiger partial charge < -0.3 is 4.42 Å². The number of thiazole rings is 1.